The number of rotatable bonds is 3. The fourth-order valence-corrected chi connectivity index (χ4v) is 0.778. The minimum Gasteiger partial charge on any atom is -0.478 e. The summed E-state index contributed by atoms with van der Waals surface area (Å²) in [4.78, 5) is 21.1. The van der Waals surface area contributed by atoms with Crippen molar-refractivity contribution < 1.29 is 9.90 Å². The molecule has 13 heavy (non-hydrogen) atoms. The first-order chi connectivity index (χ1) is 6.20. The summed E-state index contributed by atoms with van der Waals surface area (Å²) in [5.74, 6) is -1.04. The molecule has 5 nitrogen and oxygen atoms in total. The molecule has 0 aromatic carbocycles. The molecule has 0 aliphatic rings. The van der Waals surface area contributed by atoms with Gasteiger partial charge in [-0.1, -0.05) is 6.08 Å². The van der Waals surface area contributed by atoms with Gasteiger partial charge in [-0.2, -0.15) is 5.10 Å². The van der Waals surface area contributed by atoms with Crippen molar-refractivity contribution in [2.75, 3.05) is 0 Å². The van der Waals surface area contributed by atoms with Crippen molar-refractivity contribution in [1.29, 1.82) is 0 Å². The largest absolute Gasteiger partial charge is 0.478 e. The summed E-state index contributed by atoms with van der Waals surface area (Å²) < 4.78 is 1.17. The van der Waals surface area contributed by atoms with E-state index in [1.54, 1.807) is 0 Å². The summed E-state index contributed by atoms with van der Waals surface area (Å²) in [5, 5.41) is 12.0. The molecule has 1 aromatic rings. The molecule has 0 saturated heterocycles. The number of aliphatic carboxylic acids is 1. The van der Waals surface area contributed by atoms with E-state index in [-0.39, 0.29) is 12.1 Å². The molecule has 0 amide bonds. The van der Waals surface area contributed by atoms with Gasteiger partial charge in [0.05, 0.1) is 6.54 Å². The van der Waals surface area contributed by atoms with Gasteiger partial charge in [-0.15, -0.1) is 0 Å². The molecule has 0 aliphatic carbocycles. The molecular weight excluding hydrogens is 172 g/mol. The normalized spacial score (nSPS) is 10.5. The van der Waals surface area contributed by atoms with Gasteiger partial charge in [0.15, 0.2) is 0 Å². The summed E-state index contributed by atoms with van der Waals surface area (Å²) in [5.41, 5.74) is -0.252. The number of hydrogen-bond acceptors (Lipinski definition) is 3. The molecule has 0 aliphatic heterocycles. The highest BCUT2D eigenvalue weighted by Gasteiger charge is 1.91. The number of carboxylic acids is 1. The van der Waals surface area contributed by atoms with Gasteiger partial charge in [0.25, 0.3) is 5.56 Å². The Balaban J connectivity index is 2.70. The molecule has 68 valence electrons. The van der Waals surface area contributed by atoms with Gasteiger partial charge < -0.3 is 5.11 Å². The van der Waals surface area contributed by atoms with E-state index in [1.807, 2.05) is 0 Å². The molecule has 0 unspecified atom stereocenters. The zero-order valence-corrected chi connectivity index (χ0v) is 6.75. The summed E-state index contributed by atoms with van der Waals surface area (Å²) in [6, 6.07) is 2.89. The highest BCUT2D eigenvalue weighted by Crippen LogP contribution is 1.79. The molecule has 0 saturated carbocycles. The average Bonchev–Trinajstić information content (AvgIpc) is 2.08. The number of carbonyl (C=O) groups is 1. The van der Waals surface area contributed by atoms with Crippen LogP contribution in [0.1, 0.15) is 0 Å². The highest BCUT2D eigenvalue weighted by molar-refractivity contribution is 5.79. The minimum absolute atomic E-state index is 0.173. The van der Waals surface area contributed by atoms with E-state index in [9.17, 15) is 9.59 Å². The smallest absolute Gasteiger partial charge is 0.328 e. The van der Waals surface area contributed by atoms with Crippen LogP contribution in [0.4, 0.5) is 0 Å². The number of carboxylic acid groups (broad SMARTS) is 1. The Labute approximate surface area is 73.9 Å². The summed E-state index contributed by atoms with van der Waals surface area (Å²) in [7, 11) is 0. The second-order valence-electron chi connectivity index (χ2n) is 2.28. The van der Waals surface area contributed by atoms with Crippen molar-refractivity contribution >= 4 is 5.97 Å². The van der Waals surface area contributed by atoms with Crippen LogP contribution in [0.25, 0.3) is 0 Å². The zero-order valence-electron chi connectivity index (χ0n) is 6.75. The van der Waals surface area contributed by atoms with Gasteiger partial charge in [0, 0.05) is 18.3 Å². The third kappa shape index (κ3) is 2.90. The van der Waals surface area contributed by atoms with Crippen LogP contribution in [0.2, 0.25) is 0 Å². The monoisotopic (exact) mass is 180 g/mol. The van der Waals surface area contributed by atoms with Crippen molar-refractivity contribution in [3.05, 3.63) is 40.8 Å². The SMILES string of the molecule is O=C(O)C=CCn1ncccc1=O. The van der Waals surface area contributed by atoms with E-state index in [1.165, 1.54) is 29.1 Å². The molecule has 5 heteroatoms. The summed E-state index contributed by atoms with van der Waals surface area (Å²) in [6.07, 6.45) is 3.80. The first-order valence-corrected chi connectivity index (χ1v) is 3.62. The van der Waals surface area contributed by atoms with Crippen LogP contribution in [-0.2, 0) is 11.3 Å². The lowest BCUT2D eigenvalue weighted by atomic mass is 10.5. The van der Waals surface area contributed by atoms with Gasteiger partial charge in [-0.05, 0) is 6.07 Å². The van der Waals surface area contributed by atoms with Crippen molar-refractivity contribution in [3.63, 3.8) is 0 Å². The molecule has 1 aromatic heterocycles. The lowest BCUT2D eigenvalue weighted by Crippen LogP contribution is -2.20. The standard InChI is InChI=1S/C8H8N2O3/c11-7-3-1-5-9-10(7)6-2-4-8(12)13/h1-5H,6H2,(H,12,13). The average molecular weight is 180 g/mol. The summed E-state index contributed by atoms with van der Waals surface area (Å²) >= 11 is 0. The van der Waals surface area contributed by atoms with Crippen molar-refractivity contribution in [2.45, 2.75) is 6.54 Å². The van der Waals surface area contributed by atoms with Crippen LogP contribution >= 0.6 is 0 Å². The predicted molar refractivity (Wildman–Crippen MR) is 45.3 cm³/mol. The van der Waals surface area contributed by atoms with Crippen molar-refractivity contribution in [1.82, 2.24) is 9.78 Å². The molecule has 1 rings (SSSR count). The van der Waals surface area contributed by atoms with Gasteiger partial charge in [0.2, 0.25) is 0 Å². The topological polar surface area (TPSA) is 72.2 Å². The third-order valence-electron chi connectivity index (χ3n) is 1.32. The fourth-order valence-electron chi connectivity index (χ4n) is 0.778. The highest BCUT2D eigenvalue weighted by atomic mass is 16.4. The fraction of sp³-hybridized carbons (Fsp3) is 0.125. The predicted octanol–water partition coefficient (Wildman–Crippen LogP) is -0.116. The molecule has 0 bridgehead atoms. The van der Waals surface area contributed by atoms with E-state index < -0.39 is 5.97 Å². The van der Waals surface area contributed by atoms with Gasteiger partial charge in [-0.25, -0.2) is 9.48 Å². The van der Waals surface area contributed by atoms with Crippen LogP contribution in [-0.4, -0.2) is 20.9 Å². The van der Waals surface area contributed by atoms with Crippen LogP contribution in [0.5, 0.6) is 0 Å². The molecular formula is C8H8N2O3. The van der Waals surface area contributed by atoms with E-state index in [4.69, 9.17) is 5.11 Å². The zero-order chi connectivity index (χ0) is 9.68. The number of nitrogens with zero attached hydrogens (tertiary/aromatic N) is 2. The number of hydrogen-bond donors (Lipinski definition) is 1. The Hall–Kier alpha value is -1.91. The van der Waals surface area contributed by atoms with Gasteiger partial charge in [0.1, 0.15) is 0 Å². The Morgan fingerprint density at radius 3 is 3.08 bits per heavy atom. The first-order valence-electron chi connectivity index (χ1n) is 3.62. The van der Waals surface area contributed by atoms with Gasteiger partial charge >= 0.3 is 5.97 Å². The third-order valence-corrected chi connectivity index (χ3v) is 1.32. The maximum absolute atomic E-state index is 11.0. The van der Waals surface area contributed by atoms with Crippen LogP contribution in [0.3, 0.4) is 0 Å². The van der Waals surface area contributed by atoms with Crippen LogP contribution in [0, 0.1) is 0 Å². The molecule has 1 heterocycles. The second-order valence-corrected chi connectivity index (χ2v) is 2.28. The first kappa shape index (κ1) is 9.18. The second kappa shape index (κ2) is 4.20. The molecule has 0 spiro atoms. The van der Waals surface area contributed by atoms with E-state index in [0.717, 1.165) is 6.08 Å². The Bertz CT molecular complexity index is 381. The molecule has 0 atom stereocenters. The Kier molecular flexibility index (Phi) is 2.97. The van der Waals surface area contributed by atoms with Crippen molar-refractivity contribution in [2.24, 2.45) is 0 Å². The van der Waals surface area contributed by atoms with E-state index in [0.29, 0.717) is 0 Å². The number of allylic oxidation sites excluding steroid dienone is 1. The number of aromatic nitrogens is 2. The molecule has 1 N–H and O–H groups in total. The van der Waals surface area contributed by atoms with E-state index in [2.05, 4.69) is 5.10 Å². The quantitative estimate of drug-likeness (QED) is 0.658. The van der Waals surface area contributed by atoms with E-state index >= 15 is 0 Å². The maximum atomic E-state index is 11.0. The van der Waals surface area contributed by atoms with Crippen LogP contribution < -0.4 is 5.56 Å². The maximum Gasteiger partial charge on any atom is 0.328 e. The Morgan fingerprint density at radius 1 is 1.69 bits per heavy atom. The minimum atomic E-state index is -1.04. The lowest BCUT2D eigenvalue weighted by Gasteiger charge is -1.96. The van der Waals surface area contributed by atoms with Crippen LogP contribution in [0.15, 0.2) is 35.3 Å². The molecule has 0 fully saturated rings. The summed E-state index contributed by atoms with van der Waals surface area (Å²) in [6.45, 7) is 0.173. The van der Waals surface area contributed by atoms with Gasteiger partial charge in [-0.3, -0.25) is 4.79 Å². The molecule has 0 radical (unpaired) electrons. The lowest BCUT2D eigenvalue weighted by molar-refractivity contribution is -0.131. The van der Waals surface area contributed by atoms with Crippen molar-refractivity contribution in [3.8, 4) is 0 Å². The Morgan fingerprint density at radius 2 is 2.46 bits per heavy atom.